The van der Waals surface area contributed by atoms with Gasteiger partial charge in [0.25, 0.3) is 0 Å². The van der Waals surface area contributed by atoms with Crippen LogP contribution in [0, 0.1) is 0 Å². The van der Waals surface area contributed by atoms with E-state index in [1.807, 2.05) is 42.7 Å². The average Bonchev–Trinajstić information content (AvgIpc) is 3.45. The highest BCUT2D eigenvalue weighted by molar-refractivity contribution is 5.99. The summed E-state index contributed by atoms with van der Waals surface area (Å²) in [5.74, 6) is 0.836. The van der Waals surface area contributed by atoms with Crippen molar-refractivity contribution in [1.29, 1.82) is 0 Å². The molecule has 3 heterocycles. The Hall–Kier alpha value is -5.81. The first kappa shape index (κ1) is 24.0. The number of hydrogen-bond acceptors (Lipinski definition) is 4. The molecule has 0 radical (unpaired) electrons. The SMILES string of the molecule is c1ccc(N(c2ccc(-c3nc4cccnc4n3-c3cccc4ncccc34)cc2)c2cccc3ccccc23)cc1. The number of aromatic nitrogens is 4. The van der Waals surface area contributed by atoms with E-state index in [1.165, 1.54) is 10.8 Å². The van der Waals surface area contributed by atoms with Crippen molar-refractivity contribution >= 4 is 49.9 Å². The molecular weight excluding hydrogens is 514 g/mol. The van der Waals surface area contributed by atoms with Crippen molar-refractivity contribution in [3.05, 3.63) is 152 Å². The Morgan fingerprint density at radius 1 is 0.500 bits per heavy atom. The molecule has 198 valence electrons. The van der Waals surface area contributed by atoms with E-state index < -0.39 is 0 Å². The zero-order valence-corrected chi connectivity index (χ0v) is 22.7. The largest absolute Gasteiger partial charge is 0.310 e. The van der Waals surface area contributed by atoms with Gasteiger partial charge in [0.05, 0.1) is 16.9 Å². The van der Waals surface area contributed by atoms with Crippen LogP contribution in [0.25, 0.3) is 49.9 Å². The van der Waals surface area contributed by atoms with Crippen LogP contribution in [0.15, 0.2) is 152 Å². The van der Waals surface area contributed by atoms with Crippen molar-refractivity contribution in [1.82, 2.24) is 19.5 Å². The molecule has 0 unspecified atom stereocenters. The summed E-state index contributed by atoms with van der Waals surface area (Å²) >= 11 is 0. The topological polar surface area (TPSA) is 46.8 Å². The van der Waals surface area contributed by atoms with Gasteiger partial charge in [-0.2, -0.15) is 0 Å². The minimum atomic E-state index is 0.814. The van der Waals surface area contributed by atoms with E-state index in [9.17, 15) is 0 Å². The van der Waals surface area contributed by atoms with Crippen LogP contribution >= 0.6 is 0 Å². The van der Waals surface area contributed by atoms with Gasteiger partial charge in [-0.3, -0.25) is 9.55 Å². The summed E-state index contributed by atoms with van der Waals surface area (Å²) < 4.78 is 2.15. The van der Waals surface area contributed by atoms with Crippen LogP contribution in [0.5, 0.6) is 0 Å². The van der Waals surface area contributed by atoms with Crippen molar-refractivity contribution in [2.24, 2.45) is 0 Å². The van der Waals surface area contributed by atoms with Crippen molar-refractivity contribution in [2.45, 2.75) is 0 Å². The molecule has 5 nitrogen and oxygen atoms in total. The standard InChI is InChI=1S/C37H25N5/c1-2-12-28(13-3-1)41(34-18-6-11-26-10-4-5-14-30(26)34)29-22-20-27(21-23-29)36-40-33-17-9-25-39-37(33)42(36)35-19-7-16-32-31(35)15-8-24-38-32/h1-25H. The lowest BCUT2D eigenvalue weighted by Gasteiger charge is -2.27. The summed E-state index contributed by atoms with van der Waals surface area (Å²) in [6, 6.07) is 48.3. The van der Waals surface area contributed by atoms with E-state index in [0.717, 1.165) is 56.2 Å². The van der Waals surface area contributed by atoms with E-state index in [-0.39, 0.29) is 0 Å². The van der Waals surface area contributed by atoms with Gasteiger partial charge in [0.1, 0.15) is 11.3 Å². The molecule has 3 aromatic heterocycles. The van der Waals surface area contributed by atoms with Crippen LogP contribution in [0.1, 0.15) is 0 Å². The van der Waals surface area contributed by atoms with E-state index >= 15 is 0 Å². The fourth-order valence-electron chi connectivity index (χ4n) is 5.78. The number of rotatable bonds is 5. The molecule has 0 saturated heterocycles. The third-order valence-electron chi connectivity index (χ3n) is 7.69. The van der Waals surface area contributed by atoms with Crippen molar-refractivity contribution in [3.63, 3.8) is 0 Å². The number of pyridine rings is 2. The predicted molar refractivity (Wildman–Crippen MR) is 172 cm³/mol. The van der Waals surface area contributed by atoms with Gasteiger partial charge in [0.2, 0.25) is 0 Å². The molecule has 8 rings (SSSR count). The van der Waals surface area contributed by atoms with Gasteiger partial charge in [-0.25, -0.2) is 9.97 Å². The molecule has 0 aliphatic carbocycles. The zero-order valence-electron chi connectivity index (χ0n) is 22.7. The van der Waals surface area contributed by atoms with E-state index in [2.05, 4.69) is 124 Å². The van der Waals surface area contributed by atoms with Crippen LogP contribution in [-0.4, -0.2) is 19.5 Å². The molecule has 0 aliphatic rings. The molecular formula is C37H25N5. The lowest BCUT2D eigenvalue weighted by atomic mass is 10.1. The molecule has 42 heavy (non-hydrogen) atoms. The number of imidazole rings is 1. The number of fused-ring (bicyclic) bond motifs is 3. The number of hydrogen-bond donors (Lipinski definition) is 0. The Labute approximate surface area is 243 Å². The molecule has 5 aromatic carbocycles. The van der Waals surface area contributed by atoms with E-state index in [1.54, 1.807) is 0 Å². The van der Waals surface area contributed by atoms with Gasteiger partial charge in [0.15, 0.2) is 5.65 Å². The van der Waals surface area contributed by atoms with E-state index in [0.29, 0.717) is 0 Å². The number of para-hydroxylation sites is 1. The molecule has 0 bridgehead atoms. The normalized spacial score (nSPS) is 11.3. The van der Waals surface area contributed by atoms with Gasteiger partial charge in [0, 0.05) is 40.1 Å². The smallest absolute Gasteiger partial charge is 0.164 e. The summed E-state index contributed by atoms with van der Waals surface area (Å²) in [7, 11) is 0. The van der Waals surface area contributed by atoms with E-state index in [4.69, 9.17) is 9.97 Å². The van der Waals surface area contributed by atoms with Crippen LogP contribution in [-0.2, 0) is 0 Å². The summed E-state index contributed by atoms with van der Waals surface area (Å²) in [6.45, 7) is 0. The third-order valence-corrected chi connectivity index (χ3v) is 7.69. The van der Waals surface area contributed by atoms with Crippen LogP contribution in [0.2, 0.25) is 0 Å². The van der Waals surface area contributed by atoms with Crippen LogP contribution < -0.4 is 4.90 Å². The van der Waals surface area contributed by atoms with Gasteiger partial charge in [-0.05, 0) is 84.2 Å². The van der Waals surface area contributed by atoms with Crippen molar-refractivity contribution in [2.75, 3.05) is 4.90 Å². The van der Waals surface area contributed by atoms with Crippen molar-refractivity contribution < 1.29 is 0 Å². The first-order valence-corrected chi connectivity index (χ1v) is 14.0. The molecule has 0 aliphatic heterocycles. The third kappa shape index (κ3) is 3.99. The van der Waals surface area contributed by atoms with Gasteiger partial charge >= 0.3 is 0 Å². The Morgan fingerprint density at radius 2 is 1.19 bits per heavy atom. The predicted octanol–water partition coefficient (Wildman–Crippen LogP) is 9.26. The quantitative estimate of drug-likeness (QED) is 0.219. The highest BCUT2D eigenvalue weighted by Gasteiger charge is 2.19. The maximum atomic E-state index is 5.06. The van der Waals surface area contributed by atoms with Crippen molar-refractivity contribution in [3.8, 4) is 17.1 Å². The van der Waals surface area contributed by atoms with Crippen LogP contribution in [0.3, 0.4) is 0 Å². The second-order valence-electron chi connectivity index (χ2n) is 10.2. The monoisotopic (exact) mass is 539 g/mol. The summed E-state index contributed by atoms with van der Waals surface area (Å²) in [4.78, 5) is 16.7. The molecule has 0 saturated carbocycles. The first-order valence-electron chi connectivity index (χ1n) is 14.0. The fourth-order valence-corrected chi connectivity index (χ4v) is 5.78. The minimum absolute atomic E-state index is 0.814. The minimum Gasteiger partial charge on any atom is -0.310 e. The Bertz CT molecular complexity index is 2190. The summed E-state index contributed by atoms with van der Waals surface area (Å²) in [5, 5.41) is 3.46. The fraction of sp³-hybridized carbons (Fsp3) is 0. The van der Waals surface area contributed by atoms with Gasteiger partial charge in [-0.15, -0.1) is 0 Å². The Kier molecular flexibility index (Phi) is 5.71. The molecule has 0 amide bonds. The Morgan fingerprint density at radius 3 is 2.10 bits per heavy atom. The molecule has 5 heteroatoms. The molecule has 0 fully saturated rings. The molecule has 0 atom stereocenters. The average molecular weight is 540 g/mol. The maximum absolute atomic E-state index is 5.06. The lowest BCUT2D eigenvalue weighted by molar-refractivity contribution is 1.09. The highest BCUT2D eigenvalue weighted by atomic mass is 15.1. The van der Waals surface area contributed by atoms with Crippen LogP contribution in [0.4, 0.5) is 17.1 Å². The van der Waals surface area contributed by atoms with Gasteiger partial charge in [-0.1, -0.05) is 60.7 Å². The first-order chi connectivity index (χ1) is 20.8. The van der Waals surface area contributed by atoms with Gasteiger partial charge < -0.3 is 4.90 Å². The number of benzene rings is 5. The molecule has 0 N–H and O–H groups in total. The molecule has 0 spiro atoms. The lowest BCUT2D eigenvalue weighted by Crippen LogP contribution is -2.10. The molecule has 8 aromatic rings. The summed E-state index contributed by atoms with van der Waals surface area (Å²) in [6.07, 6.45) is 3.64. The summed E-state index contributed by atoms with van der Waals surface area (Å²) in [5.41, 5.74) is 7.90. The number of nitrogens with zero attached hydrogens (tertiary/aromatic N) is 5. The Balaban J connectivity index is 1.30. The second-order valence-corrected chi connectivity index (χ2v) is 10.2. The number of anilines is 3. The zero-order chi connectivity index (χ0) is 27.9. The maximum Gasteiger partial charge on any atom is 0.164 e. The second kappa shape index (κ2) is 9.98. The highest BCUT2D eigenvalue weighted by Crippen LogP contribution is 2.40.